The first kappa shape index (κ1) is 14.1. The number of fused-ring (bicyclic) bond motifs is 1. The van der Waals surface area contributed by atoms with Crippen LogP contribution in [-0.4, -0.2) is 37.6 Å². The lowest BCUT2D eigenvalue weighted by molar-refractivity contribution is 0.200. The van der Waals surface area contributed by atoms with Crippen molar-refractivity contribution in [3.05, 3.63) is 34.9 Å². The Labute approximate surface area is 123 Å². The van der Waals surface area contributed by atoms with Gasteiger partial charge in [0.25, 0.3) is 0 Å². The molecule has 2 aliphatic rings. The van der Waals surface area contributed by atoms with Crippen molar-refractivity contribution in [1.82, 2.24) is 10.2 Å². The van der Waals surface area contributed by atoms with Crippen LogP contribution in [0.4, 0.5) is 0 Å². The molecule has 0 spiro atoms. The van der Waals surface area contributed by atoms with Gasteiger partial charge in [0.2, 0.25) is 0 Å². The van der Waals surface area contributed by atoms with Crippen LogP contribution in [0.1, 0.15) is 43.4 Å². The molecule has 3 rings (SSSR count). The Bertz CT molecular complexity index is 458. The van der Waals surface area contributed by atoms with Crippen LogP contribution in [-0.2, 0) is 18.3 Å². The molecule has 1 aliphatic heterocycles. The molecule has 1 aromatic rings. The van der Waals surface area contributed by atoms with Gasteiger partial charge in [-0.2, -0.15) is 0 Å². The van der Waals surface area contributed by atoms with E-state index in [1.807, 2.05) is 0 Å². The minimum absolute atomic E-state index is 0.254. The van der Waals surface area contributed by atoms with E-state index in [9.17, 15) is 0 Å². The van der Waals surface area contributed by atoms with E-state index in [1.165, 1.54) is 50.9 Å². The number of aryl methyl sites for hydroxylation is 2. The Kier molecular flexibility index (Phi) is 4.13. The first-order valence-corrected chi connectivity index (χ1v) is 8.20. The minimum atomic E-state index is 0.254. The zero-order valence-electron chi connectivity index (χ0n) is 13.0. The van der Waals surface area contributed by atoms with Gasteiger partial charge in [0.05, 0.1) is 0 Å². The highest BCUT2D eigenvalue weighted by molar-refractivity contribution is 5.37. The molecule has 1 N–H and O–H groups in total. The van der Waals surface area contributed by atoms with E-state index in [0.717, 1.165) is 13.1 Å². The standard InChI is InChI=1S/C18H28N2/c1-18(2,14-20-11-9-19-10-12-20)17-8-7-15-5-3-4-6-16(15)13-17/h7-8,13,19H,3-6,9-12,14H2,1-2H3. The van der Waals surface area contributed by atoms with Crippen LogP contribution in [0.3, 0.4) is 0 Å². The van der Waals surface area contributed by atoms with E-state index in [4.69, 9.17) is 0 Å². The van der Waals surface area contributed by atoms with Crippen LogP contribution in [0.2, 0.25) is 0 Å². The zero-order valence-corrected chi connectivity index (χ0v) is 13.0. The molecule has 1 aliphatic carbocycles. The van der Waals surface area contributed by atoms with Crippen molar-refractivity contribution in [1.29, 1.82) is 0 Å². The number of nitrogens with one attached hydrogen (secondary N) is 1. The molecule has 2 nitrogen and oxygen atoms in total. The maximum absolute atomic E-state index is 3.44. The quantitative estimate of drug-likeness (QED) is 0.910. The largest absolute Gasteiger partial charge is 0.314 e. The molecular weight excluding hydrogens is 244 g/mol. The highest BCUT2D eigenvalue weighted by Gasteiger charge is 2.25. The molecule has 110 valence electrons. The molecule has 0 bridgehead atoms. The lowest BCUT2D eigenvalue weighted by atomic mass is 9.80. The molecule has 1 aromatic carbocycles. The Morgan fingerprint density at radius 2 is 1.75 bits per heavy atom. The molecule has 1 fully saturated rings. The van der Waals surface area contributed by atoms with Gasteiger partial charge >= 0.3 is 0 Å². The zero-order chi connectivity index (χ0) is 14.0. The third kappa shape index (κ3) is 3.07. The van der Waals surface area contributed by atoms with E-state index in [2.05, 4.69) is 42.3 Å². The molecule has 0 atom stereocenters. The van der Waals surface area contributed by atoms with Crippen LogP contribution < -0.4 is 5.32 Å². The molecule has 2 heteroatoms. The van der Waals surface area contributed by atoms with Crippen LogP contribution >= 0.6 is 0 Å². The summed E-state index contributed by atoms with van der Waals surface area (Å²) in [5.41, 5.74) is 4.99. The Hall–Kier alpha value is -0.860. The number of hydrogen-bond donors (Lipinski definition) is 1. The number of rotatable bonds is 3. The van der Waals surface area contributed by atoms with Crippen LogP contribution in [0.5, 0.6) is 0 Å². The lowest BCUT2D eigenvalue weighted by Gasteiger charge is -2.36. The predicted molar refractivity (Wildman–Crippen MR) is 85.4 cm³/mol. The van der Waals surface area contributed by atoms with Crippen molar-refractivity contribution in [2.75, 3.05) is 32.7 Å². The van der Waals surface area contributed by atoms with E-state index < -0.39 is 0 Å². The van der Waals surface area contributed by atoms with Crippen LogP contribution in [0, 0.1) is 0 Å². The van der Waals surface area contributed by atoms with Gasteiger partial charge in [0.15, 0.2) is 0 Å². The third-order valence-corrected chi connectivity index (χ3v) is 4.96. The average molecular weight is 272 g/mol. The molecule has 0 radical (unpaired) electrons. The SMILES string of the molecule is CC(C)(CN1CCNCC1)c1ccc2c(c1)CCCC2. The van der Waals surface area contributed by atoms with Gasteiger partial charge in [-0.1, -0.05) is 32.0 Å². The fourth-order valence-corrected chi connectivity index (χ4v) is 3.67. The lowest BCUT2D eigenvalue weighted by Crippen LogP contribution is -2.47. The molecule has 20 heavy (non-hydrogen) atoms. The first-order valence-electron chi connectivity index (χ1n) is 8.20. The summed E-state index contributed by atoms with van der Waals surface area (Å²) in [6, 6.07) is 7.27. The van der Waals surface area contributed by atoms with Crippen molar-refractivity contribution in [3.8, 4) is 0 Å². The Balaban J connectivity index is 1.75. The second kappa shape index (κ2) is 5.87. The summed E-state index contributed by atoms with van der Waals surface area (Å²) in [6.07, 6.45) is 5.31. The molecule has 1 saturated heterocycles. The minimum Gasteiger partial charge on any atom is -0.314 e. The maximum atomic E-state index is 3.44. The number of benzene rings is 1. The topological polar surface area (TPSA) is 15.3 Å². The Morgan fingerprint density at radius 3 is 2.50 bits per heavy atom. The highest BCUT2D eigenvalue weighted by atomic mass is 15.2. The van der Waals surface area contributed by atoms with E-state index >= 15 is 0 Å². The third-order valence-electron chi connectivity index (χ3n) is 4.96. The van der Waals surface area contributed by atoms with Gasteiger partial charge in [-0.3, -0.25) is 4.90 Å². The molecule has 0 saturated carbocycles. The first-order chi connectivity index (χ1) is 9.65. The fraction of sp³-hybridized carbons (Fsp3) is 0.667. The summed E-state index contributed by atoms with van der Waals surface area (Å²) in [7, 11) is 0. The average Bonchev–Trinajstić information content (AvgIpc) is 2.47. The molecule has 0 amide bonds. The Morgan fingerprint density at radius 1 is 1.05 bits per heavy atom. The molecule has 1 heterocycles. The smallest absolute Gasteiger partial charge is 0.0108 e. The van der Waals surface area contributed by atoms with Crippen LogP contribution in [0.25, 0.3) is 0 Å². The summed E-state index contributed by atoms with van der Waals surface area (Å²) in [4.78, 5) is 2.61. The van der Waals surface area contributed by atoms with Crippen molar-refractivity contribution >= 4 is 0 Å². The summed E-state index contributed by atoms with van der Waals surface area (Å²) in [6.45, 7) is 10.6. The summed E-state index contributed by atoms with van der Waals surface area (Å²) >= 11 is 0. The van der Waals surface area contributed by atoms with Gasteiger partial charge in [0.1, 0.15) is 0 Å². The van der Waals surface area contributed by atoms with E-state index in [-0.39, 0.29) is 5.41 Å². The van der Waals surface area contributed by atoms with Gasteiger partial charge in [-0.15, -0.1) is 0 Å². The maximum Gasteiger partial charge on any atom is 0.0108 e. The van der Waals surface area contributed by atoms with Gasteiger partial charge < -0.3 is 5.32 Å². The predicted octanol–water partition coefficient (Wildman–Crippen LogP) is 2.75. The summed E-state index contributed by atoms with van der Waals surface area (Å²) in [5, 5.41) is 3.44. The number of hydrogen-bond acceptors (Lipinski definition) is 2. The van der Waals surface area contributed by atoms with Crippen molar-refractivity contribution in [3.63, 3.8) is 0 Å². The van der Waals surface area contributed by atoms with Gasteiger partial charge in [-0.05, 0) is 42.4 Å². The normalized spacial score (nSPS) is 20.7. The molecule has 0 aromatic heterocycles. The van der Waals surface area contributed by atoms with Gasteiger partial charge in [0, 0.05) is 38.1 Å². The van der Waals surface area contributed by atoms with Crippen LogP contribution in [0.15, 0.2) is 18.2 Å². The van der Waals surface area contributed by atoms with Gasteiger partial charge in [-0.25, -0.2) is 0 Å². The summed E-state index contributed by atoms with van der Waals surface area (Å²) < 4.78 is 0. The van der Waals surface area contributed by atoms with Crippen molar-refractivity contribution in [2.24, 2.45) is 0 Å². The molecule has 0 unspecified atom stereocenters. The van der Waals surface area contributed by atoms with E-state index in [1.54, 1.807) is 11.1 Å². The van der Waals surface area contributed by atoms with Crippen molar-refractivity contribution < 1.29 is 0 Å². The second-order valence-electron chi connectivity index (χ2n) is 7.10. The highest BCUT2D eigenvalue weighted by Crippen LogP contribution is 2.29. The number of piperazine rings is 1. The second-order valence-corrected chi connectivity index (χ2v) is 7.10. The fourth-order valence-electron chi connectivity index (χ4n) is 3.67. The van der Waals surface area contributed by atoms with E-state index in [0.29, 0.717) is 0 Å². The monoisotopic (exact) mass is 272 g/mol. The summed E-state index contributed by atoms with van der Waals surface area (Å²) in [5.74, 6) is 0. The van der Waals surface area contributed by atoms with Crippen molar-refractivity contribution in [2.45, 2.75) is 44.9 Å². The molecular formula is C18H28N2. The number of nitrogens with zero attached hydrogens (tertiary/aromatic N) is 1.